The standard InChI is InChI=1S/C13H18FNO/c14-12-5-3-11(4-6-12)10-15-8-1-2-13(16)7-9-15/h3-6,13,16H,1-2,7-10H2/t13-/m1/s1. The first-order chi connectivity index (χ1) is 7.74. The SMILES string of the molecule is O[C@@H]1CCCN(Cc2ccc(F)cc2)CC1. The van der Waals surface area contributed by atoms with Crippen LogP contribution in [0.4, 0.5) is 4.39 Å². The number of hydrogen-bond acceptors (Lipinski definition) is 2. The fraction of sp³-hybridized carbons (Fsp3) is 0.538. The Morgan fingerprint density at radius 3 is 2.69 bits per heavy atom. The maximum absolute atomic E-state index is 12.7. The average molecular weight is 223 g/mol. The number of halogens is 1. The van der Waals surface area contributed by atoms with Gasteiger partial charge in [0.05, 0.1) is 6.10 Å². The maximum atomic E-state index is 12.7. The highest BCUT2D eigenvalue weighted by molar-refractivity contribution is 5.15. The third kappa shape index (κ3) is 3.29. The molecule has 88 valence electrons. The van der Waals surface area contributed by atoms with Crippen LogP contribution in [0.15, 0.2) is 24.3 Å². The van der Waals surface area contributed by atoms with E-state index >= 15 is 0 Å². The van der Waals surface area contributed by atoms with Gasteiger partial charge in [-0.25, -0.2) is 4.39 Å². The van der Waals surface area contributed by atoms with E-state index in [1.165, 1.54) is 12.1 Å². The molecule has 3 heteroatoms. The molecule has 1 heterocycles. The Morgan fingerprint density at radius 2 is 1.94 bits per heavy atom. The summed E-state index contributed by atoms with van der Waals surface area (Å²) in [7, 11) is 0. The molecule has 0 aromatic heterocycles. The zero-order valence-electron chi connectivity index (χ0n) is 9.40. The van der Waals surface area contributed by atoms with Crippen molar-refractivity contribution in [2.24, 2.45) is 0 Å². The highest BCUT2D eigenvalue weighted by Crippen LogP contribution is 2.14. The maximum Gasteiger partial charge on any atom is 0.123 e. The molecular weight excluding hydrogens is 205 g/mol. The Kier molecular flexibility index (Phi) is 3.91. The fourth-order valence-corrected chi connectivity index (χ4v) is 2.14. The van der Waals surface area contributed by atoms with Crippen molar-refractivity contribution in [3.63, 3.8) is 0 Å². The molecule has 2 nitrogen and oxygen atoms in total. The smallest absolute Gasteiger partial charge is 0.123 e. The Labute approximate surface area is 95.7 Å². The lowest BCUT2D eigenvalue weighted by molar-refractivity contribution is 0.154. The van der Waals surface area contributed by atoms with Gasteiger partial charge in [0.15, 0.2) is 0 Å². The van der Waals surface area contributed by atoms with E-state index in [2.05, 4.69) is 4.90 Å². The van der Waals surface area contributed by atoms with E-state index in [1.54, 1.807) is 0 Å². The lowest BCUT2D eigenvalue weighted by Gasteiger charge is -2.19. The molecule has 1 N–H and O–H groups in total. The van der Waals surface area contributed by atoms with Crippen LogP contribution in [0, 0.1) is 5.82 Å². The minimum Gasteiger partial charge on any atom is -0.393 e. The number of aliphatic hydroxyl groups is 1. The highest BCUT2D eigenvalue weighted by Gasteiger charge is 2.14. The molecule has 0 unspecified atom stereocenters. The van der Waals surface area contributed by atoms with E-state index in [0.29, 0.717) is 0 Å². The Bertz CT molecular complexity index is 325. The van der Waals surface area contributed by atoms with Crippen molar-refractivity contribution in [3.8, 4) is 0 Å². The second-order valence-corrected chi connectivity index (χ2v) is 4.49. The van der Waals surface area contributed by atoms with Gasteiger partial charge in [0, 0.05) is 13.1 Å². The summed E-state index contributed by atoms with van der Waals surface area (Å²) in [4.78, 5) is 2.32. The molecule has 1 fully saturated rings. The zero-order valence-corrected chi connectivity index (χ0v) is 9.40. The summed E-state index contributed by atoms with van der Waals surface area (Å²) in [5, 5.41) is 9.53. The lowest BCUT2D eigenvalue weighted by Crippen LogP contribution is -2.24. The molecule has 0 bridgehead atoms. The van der Waals surface area contributed by atoms with Gasteiger partial charge in [-0.15, -0.1) is 0 Å². The Balaban J connectivity index is 1.91. The molecule has 0 spiro atoms. The van der Waals surface area contributed by atoms with Crippen molar-refractivity contribution in [1.29, 1.82) is 0 Å². The van der Waals surface area contributed by atoms with Crippen LogP contribution < -0.4 is 0 Å². The Morgan fingerprint density at radius 1 is 1.19 bits per heavy atom. The lowest BCUT2D eigenvalue weighted by atomic mass is 10.2. The number of aliphatic hydroxyl groups excluding tert-OH is 1. The molecule has 1 aromatic carbocycles. The number of hydrogen-bond donors (Lipinski definition) is 1. The summed E-state index contributed by atoms with van der Waals surface area (Å²) >= 11 is 0. The van der Waals surface area contributed by atoms with E-state index in [1.807, 2.05) is 12.1 Å². The number of likely N-dealkylation sites (tertiary alicyclic amines) is 1. The second kappa shape index (κ2) is 5.41. The summed E-state index contributed by atoms with van der Waals surface area (Å²) in [5.41, 5.74) is 1.14. The predicted octanol–water partition coefficient (Wildman–Crippen LogP) is 2.17. The quantitative estimate of drug-likeness (QED) is 0.830. The minimum atomic E-state index is -0.185. The molecule has 1 aliphatic rings. The summed E-state index contributed by atoms with van der Waals surface area (Å²) < 4.78 is 12.7. The van der Waals surface area contributed by atoms with Gasteiger partial charge < -0.3 is 5.11 Å². The van der Waals surface area contributed by atoms with Crippen LogP contribution in [-0.2, 0) is 6.54 Å². The first-order valence-corrected chi connectivity index (χ1v) is 5.89. The summed E-state index contributed by atoms with van der Waals surface area (Å²) in [6.07, 6.45) is 2.65. The van der Waals surface area contributed by atoms with E-state index in [0.717, 1.165) is 44.5 Å². The third-order valence-corrected chi connectivity index (χ3v) is 3.11. The normalized spacial score (nSPS) is 23.0. The topological polar surface area (TPSA) is 23.5 Å². The average Bonchev–Trinajstić information content (AvgIpc) is 2.47. The van der Waals surface area contributed by atoms with Crippen LogP contribution in [0.25, 0.3) is 0 Å². The van der Waals surface area contributed by atoms with Gasteiger partial charge in [-0.05, 0) is 43.5 Å². The van der Waals surface area contributed by atoms with E-state index in [4.69, 9.17) is 0 Å². The Hall–Kier alpha value is -0.930. The molecule has 16 heavy (non-hydrogen) atoms. The first-order valence-electron chi connectivity index (χ1n) is 5.89. The molecule has 1 saturated heterocycles. The van der Waals surface area contributed by atoms with Crippen molar-refractivity contribution in [1.82, 2.24) is 4.90 Å². The fourth-order valence-electron chi connectivity index (χ4n) is 2.14. The van der Waals surface area contributed by atoms with Crippen LogP contribution in [0.3, 0.4) is 0 Å². The summed E-state index contributed by atoms with van der Waals surface area (Å²) in [6.45, 7) is 2.81. The number of benzene rings is 1. The zero-order chi connectivity index (χ0) is 11.4. The molecule has 0 amide bonds. The van der Waals surface area contributed by atoms with Crippen LogP contribution >= 0.6 is 0 Å². The van der Waals surface area contributed by atoms with Crippen molar-refractivity contribution in [3.05, 3.63) is 35.6 Å². The molecular formula is C13H18FNO. The summed E-state index contributed by atoms with van der Waals surface area (Å²) in [5.74, 6) is -0.185. The number of nitrogens with zero attached hydrogens (tertiary/aromatic N) is 1. The molecule has 1 atom stereocenters. The predicted molar refractivity (Wildman–Crippen MR) is 61.5 cm³/mol. The minimum absolute atomic E-state index is 0.141. The third-order valence-electron chi connectivity index (χ3n) is 3.11. The van der Waals surface area contributed by atoms with E-state index in [9.17, 15) is 9.50 Å². The largest absolute Gasteiger partial charge is 0.393 e. The second-order valence-electron chi connectivity index (χ2n) is 4.49. The monoisotopic (exact) mass is 223 g/mol. The van der Waals surface area contributed by atoms with Crippen LogP contribution in [0.1, 0.15) is 24.8 Å². The van der Waals surface area contributed by atoms with E-state index in [-0.39, 0.29) is 11.9 Å². The van der Waals surface area contributed by atoms with Gasteiger partial charge in [-0.3, -0.25) is 4.90 Å². The molecule has 2 rings (SSSR count). The molecule has 1 aliphatic heterocycles. The van der Waals surface area contributed by atoms with Crippen LogP contribution in [-0.4, -0.2) is 29.2 Å². The first kappa shape index (κ1) is 11.6. The van der Waals surface area contributed by atoms with Gasteiger partial charge in [0.2, 0.25) is 0 Å². The summed E-state index contributed by atoms with van der Waals surface area (Å²) in [6, 6.07) is 6.66. The highest BCUT2D eigenvalue weighted by atomic mass is 19.1. The molecule has 0 saturated carbocycles. The molecule has 1 aromatic rings. The van der Waals surface area contributed by atoms with Crippen molar-refractivity contribution >= 4 is 0 Å². The van der Waals surface area contributed by atoms with Gasteiger partial charge >= 0.3 is 0 Å². The van der Waals surface area contributed by atoms with Gasteiger partial charge in [0.25, 0.3) is 0 Å². The van der Waals surface area contributed by atoms with Crippen molar-refractivity contribution in [2.45, 2.75) is 31.9 Å². The van der Waals surface area contributed by atoms with Gasteiger partial charge in [0.1, 0.15) is 5.82 Å². The van der Waals surface area contributed by atoms with Gasteiger partial charge in [-0.1, -0.05) is 12.1 Å². The molecule has 0 aliphatic carbocycles. The number of rotatable bonds is 2. The van der Waals surface area contributed by atoms with Crippen molar-refractivity contribution in [2.75, 3.05) is 13.1 Å². The van der Waals surface area contributed by atoms with Gasteiger partial charge in [-0.2, -0.15) is 0 Å². The van der Waals surface area contributed by atoms with Crippen molar-refractivity contribution < 1.29 is 9.50 Å². The van der Waals surface area contributed by atoms with E-state index < -0.39 is 0 Å². The molecule has 0 radical (unpaired) electrons. The van der Waals surface area contributed by atoms with Crippen LogP contribution in [0.5, 0.6) is 0 Å². The van der Waals surface area contributed by atoms with Crippen LogP contribution in [0.2, 0.25) is 0 Å².